The van der Waals surface area contributed by atoms with E-state index in [9.17, 15) is 18.4 Å². The van der Waals surface area contributed by atoms with Crippen LogP contribution in [0.4, 0.5) is 8.78 Å². The minimum atomic E-state index is -1.09. The van der Waals surface area contributed by atoms with Crippen molar-refractivity contribution in [2.75, 3.05) is 0 Å². The van der Waals surface area contributed by atoms with E-state index in [4.69, 9.17) is 9.26 Å². The normalized spacial score (nSPS) is 11.7. The minimum absolute atomic E-state index is 0.0124. The lowest BCUT2D eigenvalue weighted by atomic mass is 10.1. The monoisotopic (exact) mass is 529 g/mol. The largest absolute Gasteiger partial charge is 0.444 e. The van der Waals surface area contributed by atoms with Crippen LogP contribution in [-0.4, -0.2) is 38.9 Å². The van der Waals surface area contributed by atoms with E-state index in [2.05, 4.69) is 25.7 Å². The Balaban J connectivity index is 1.27. The number of aryl methyl sites for hydroxylation is 1. The molecule has 0 aliphatic carbocycles. The van der Waals surface area contributed by atoms with Crippen molar-refractivity contribution in [1.82, 2.24) is 25.7 Å². The molecule has 2 N–H and O–H groups in total. The van der Waals surface area contributed by atoms with Crippen LogP contribution in [-0.2, 0) is 16.0 Å². The van der Waals surface area contributed by atoms with Crippen LogP contribution in [0.15, 0.2) is 77.3 Å². The number of rotatable bonds is 9. The van der Waals surface area contributed by atoms with E-state index in [-0.39, 0.29) is 35.9 Å². The molecular formula is C28H21F2N5O4. The molecule has 0 fully saturated rings. The van der Waals surface area contributed by atoms with Crippen LogP contribution in [0.5, 0.6) is 0 Å². The maximum atomic E-state index is 15.0. The third-order valence-corrected chi connectivity index (χ3v) is 5.89. The first-order valence-corrected chi connectivity index (χ1v) is 11.8. The fraction of sp³-hybridized carbons (Fsp3) is 0.107. The van der Waals surface area contributed by atoms with E-state index in [1.807, 2.05) is 31.2 Å². The van der Waals surface area contributed by atoms with Gasteiger partial charge in [-0.15, -0.1) is 0 Å². The number of hydrogen-bond donors (Lipinski definition) is 2. The van der Waals surface area contributed by atoms with Crippen molar-refractivity contribution >= 4 is 12.4 Å². The molecule has 1 unspecified atom stereocenters. The molecule has 0 bridgehead atoms. The Bertz CT molecular complexity index is 1610. The molecule has 2 aromatic heterocycles. The van der Waals surface area contributed by atoms with Gasteiger partial charge in [0.15, 0.2) is 6.23 Å². The van der Waals surface area contributed by atoms with Gasteiger partial charge >= 0.3 is 0 Å². The Morgan fingerprint density at radius 2 is 1.79 bits per heavy atom. The molecular weight excluding hydrogens is 508 g/mol. The third kappa shape index (κ3) is 5.87. The van der Waals surface area contributed by atoms with E-state index in [0.717, 1.165) is 5.56 Å². The molecule has 0 aliphatic rings. The summed E-state index contributed by atoms with van der Waals surface area (Å²) in [5, 5.41) is 13.1. The zero-order valence-corrected chi connectivity index (χ0v) is 20.5. The number of aromatic nitrogens is 4. The molecule has 0 saturated carbocycles. The van der Waals surface area contributed by atoms with Crippen LogP contribution in [0.1, 0.15) is 21.6 Å². The number of H-pyrrole nitrogens is 1. The summed E-state index contributed by atoms with van der Waals surface area (Å²) in [6.07, 6.45) is -1.10. The molecule has 2 heterocycles. The Morgan fingerprint density at radius 3 is 2.51 bits per heavy atom. The fourth-order valence-electron chi connectivity index (χ4n) is 3.86. The Hall–Kier alpha value is -5.19. The molecule has 1 atom stereocenters. The zero-order chi connectivity index (χ0) is 27.4. The summed E-state index contributed by atoms with van der Waals surface area (Å²) >= 11 is 0. The lowest BCUT2D eigenvalue weighted by Gasteiger charge is -2.16. The molecule has 11 heteroatoms. The molecule has 0 spiro atoms. The van der Waals surface area contributed by atoms with Gasteiger partial charge in [-0.3, -0.25) is 14.7 Å². The van der Waals surface area contributed by atoms with Gasteiger partial charge in [-0.1, -0.05) is 28.9 Å². The van der Waals surface area contributed by atoms with E-state index >= 15 is 0 Å². The van der Waals surface area contributed by atoms with Crippen molar-refractivity contribution in [3.05, 3.63) is 101 Å². The summed E-state index contributed by atoms with van der Waals surface area (Å²) in [4.78, 5) is 28.1. The number of nitrogens with one attached hydrogen (secondary N) is 2. The van der Waals surface area contributed by atoms with Crippen molar-refractivity contribution < 1.29 is 27.6 Å². The predicted molar refractivity (Wildman–Crippen MR) is 136 cm³/mol. The van der Waals surface area contributed by atoms with Gasteiger partial charge in [0, 0.05) is 17.5 Å². The summed E-state index contributed by atoms with van der Waals surface area (Å²) in [7, 11) is 0. The highest BCUT2D eigenvalue weighted by Crippen LogP contribution is 2.25. The Kier molecular flexibility index (Phi) is 7.21. The van der Waals surface area contributed by atoms with Crippen LogP contribution in [0.2, 0.25) is 0 Å². The van der Waals surface area contributed by atoms with Crippen LogP contribution in [0.3, 0.4) is 0 Å². The first-order valence-electron chi connectivity index (χ1n) is 11.8. The number of aromatic amines is 1. The van der Waals surface area contributed by atoms with Gasteiger partial charge in [0.05, 0.1) is 11.3 Å². The quantitative estimate of drug-likeness (QED) is 0.207. The Labute approximate surface area is 220 Å². The summed E-state index contributed by atoms with van der Waals surface area (Å²) in [5.41, 5.74) is 3.49. The average molecular weight is 530 g/mol. The van der Waals surface area contributed by atoms with Gasteiger partial charge in [-0.25, -0.2) is 8.78 Å². The number of carbonyl (C=O) groups is 2. The van der Waals surface area contributed by atoms with Gasteiger partial charge in [0.2, 0.25) is 5.82 Å². The van der Waals surface area contributed by atoms with Gasteiger partial charge in [0.25, 0.3) is 18.3 Å². The number of amides is 1. The molecule has 196 valence electrons. The topological polar surface area (TPSA) is 123 Å². The van der Waals surface area contributed by atoms with Gasteiger partial charge in [0.1, 0.15) is 17.3 Å². The molecule has 1 amide bonds. The van der Waals surface area contributed by atoms with Gasteiger partial charge < -0.3 is 14.6 Å². The molecule has 5 rings (SSSR count). The molecule has 0 aliphatic heterocycles. The van der Waals surface area contributed by atoms with Crippen LogP contribution >= 0.6 is 0 Å². The van der Waals surface area contributed by atoms with E-state index < -0.39 is 23.8 Å². The van der Waals surface area contributed by atoms with Crippen molar-refractivity contribution in [2.45, 2.75) is 19.6 Å². The number of ether oxygens (including phenoxy) is 1. The number of hydrogen-bond acceptors (Lipinski definition) is 7. The van der Waals surface area contributed by atoms with Crippen molar-refractivity contribution in [3.63, 3.8) is 0 Å². The summed E-state index contributed by atoms with van der Waals surface area (Å²) in [5.74, 6) is -1.26. The second-order valence-electron chi connectivity index (χ2n) is 8.68. The highest BCUT2D eigenvalue weighted by Gasteiger charge is 2.20. The lowest BCUT2D eigenvalue weighted by molar-refractivity contribution is -0.134. The maximum Gasteiger partial charge on any atom is 0.295 e. The summed E-state index contributed by atoms with van der Waals surface area (Å²) in [6.45, 7) is 2.15. The molecule has 0 radical (unpaired) electrons. The fourth-order valence-corrected chi connectivity index (χ4v) is 3.86. The SMILES string of the molecule is Cc1ccc(-c2nc(-c3ccc(CC(NC(=O)c4cc(-c5ccc(F)cc5)n[nH]4)OC=O)cc3F)no2)cc1. The standard InChI is InChI=1S/C28H21F2N5O4/c1-16-2-5-19(6-3-16)28-32-26(35-39-28)21-11-4-17(12-22(21)30)13-25(38-15-36)31-27(37)24-14-23(33-34-24)18-7-9-20(29)10-8-18/h2-12,14-15,25H,13H2,1H3,(H,31,37)(H,33,34). The zero-order valence-electron chi connectivity index (χ0n) is 20.5. The van der Waals surface area contributed by atoms with Gasteiger partial charge in [-0.05, 0) is 67.1 Å². The molecule has 9 nitrogen and oxygen atoms in total. The highest BCUT2D eigenvalue weighted by atomic mass is 19.1. The Morgan fingerprint density at radius 1 is 1.05 bits per heavy atom. The first kappa shape index (κ1) is 25.5. The summed E-state index contributed by atoms with van der Waals surface area (Å²) in [6, 6.07) is 18.9. The third-order valence-electron chi connectivity index (χ3n) is 5.89. The smallest absolute Gasteiger partial charge is 0.295 e. The number of nitrogens with zero attached hydrogens (tertiary/aromatic N) is 3. The second-order valence-corrected chi connectivity index (χ2v) is 8.68. The molecule has 5 aromatic rings. The van der Waals surface area contributed by atoms with Crippen molar-refractivity contribution in [3.8, 4) is 34.1 Å². The van der Waals surface area contributed by atoms with E-state index in [0.29, 0.717) is 22.4 Å². The highest BCUT2D eigenvalue weighted by molar-refractivity contribution is 5.93. The lowest BCUT2D eigenvalue weighted by Crippen LogP contribution is -2.38. The van der Waals surface area contributed by atoms with Gasteiger partial charge in [-0.2, -0.15) is 10.1 Å². The van der Waals surface area contributed by atoms with E-state index in [1.165, 1.54) is 42.5 Å². The second kappa shape index (κ2) is 11.1. The van der Waals surface area contributed by atoms with E-state index in [1.54, 1.807) is 6.07 Å². The van der Waals surface area contributed by atoms with Crippen LogP contribution in [0.25, 0.3) is 34.1 Å². The minimum Gasteiger partial charge on any atom is -0.444 e. The number of carbonyl (C=O) groups excluding carboxylic acids is 2. The molecule has 3 aromatic carbocycles. The van der Waals surface area contributed by atoms with Crippen molar-refractivity contribution in [2.24, 2.45) is 0 Å². The van der Waals surface area contributed by atoms with Crippen LogP contribution in [0, 0.1) is 18.6 Å². The van der Waals surface area contributed by atoms with Crippen LogP contribution < -0.4 is 5.32 Å². The average Bonchev–Trinajstić information content (AvgIpc) is 3.61. The first-order chi connectivity index (χ1) is 18.9. The molecule has 39 heavy (non-hydrogen) atoms. The maximum absolute atomic E-state index is 15.0. The number of benzene rings is 3. The summed E-state index contributed by atoms with van der Waals surface area (Å²) < 4.78 is 38.5. The molecule has 0 saturated heterocycles. The predicted octanol–water partition coefficient (Wildman–Crippen LogP) is 4.85. The van der Waals surface area contributed by atoms with Crippen molar-refractivity contribution in [1.29, 1.82) is 0 Å². The number of halogens is 2.